The van der Waals surface area contributed by atoms with Gasteiger partial charge in [0.15, 0.2) is 20.4 Å². The van der Waals surface area contributed by atoms with E-state index in [0.717, 1.165) is 17.5 Å². The Morgan fingerprint density at radius 1 is 1.19 bits per heavy atom. The van der Waals surface area contributed by atoms with Gasteiger partial charge in [0.25, 0.3) is 11.5 Å². The lowest BCUT2D eigenvalue weighted by atomic mass is 10.1. The van der Waals surface area contributed by atoms with Crippen LogP contribution in [0.5, 0.6) is 0 Å². The largest absolute Gasteiger partial charge is 0.315 e. The molecule has 1 atom stereocenters. The molecule has 1 unspecified atom stereocenters. The van der Waals surface area contributed by atoms with Crippen molar-refractivity contribution in [2.75, 3.05) is 6.26 Å². The fourth-order valence-electron chi connectivity index (χ4n) is 3.06. The summed E-state index contributed by atoms with van der Waals surface area (Å²) in [5.74, 6) is -0.399. The van der Waals surface area contributed by atoms with Crippen molar-refractivity contribution < 1.29 is 18.4 Å². The SMILES string of the molecule is Cc1nnnn1-c1ccc(-c2ccn(CCC(C)(C(=O)NO)S(C)(=O)=O)c(=O)c2)cc1. The van der Waals surface area contributed by atoms with Crippen molar-refractivity contribution in [1.29, 1.82) is 0 Å². The van der Waals surface area contributed by atoms with E-state index in [1.807, 2.05) is 24.3 Å². The second-order valence-corrected chi connectivity index (χ2v) is 9.77. The van der Waals surface area contributed by atoms with E-state index < -0.39 is 20.5 Å². The highest BCUT2D eigenvalue weighted by atomic mass is 32.2. The quantitative estimate of drug-likeness (QED) is 0.394. The summed E-state index contributed by atoms with van der Waals surface area (Å²) in [5.41, 5.74) is 3.31. The number of benzene rings is 1. The van der Waals surface area contributed by atoms with E-state index >= 15 is 0 Å². The van der Waals surface area contributed by atoms with E-state index in [9.17, 15) is 18.0 Å². The number of hydrogen-bond donors (Lipinski definition) is 2. The van der Waals surface area contributed by atoms with E-state index in [1.165, 1.54) is 29.2 Å². The van der Waals surface area contributed by atoms with Crippen LogP contribution < -0.4 is 11.0 Å². The number of rotatable bonds is 7. The molecule has 2 aromatic heterocycles. The Bertz CT molecular complexity index is 1270. The third kappa shape index (κ3) is 4.39. The summed E-state index contributed by atoms with van der Waals surface area (Å²) in [6.45, 7) is 2.97. The molecule has 3 rings (SSSR count). The Morgan fingerprint density at radius 3 is 2.39 bits per heavy atom. The maximum absolute atomic E-state index is 12.6. The summed E-state index contributed by atoms with van der Waals surface area (Å²) >= 11 is 0. The van der Waals surface area contributed by atoms with Crippen molar-refractivity contribution in [1.82, 2.24) is 30.3 Å². The summed E-state index contributed by atoms with van der Waals surface area (Å²) in [5, 5.41) is 20.3. The normalized spacial score (nSPS) is 13.5. The van der Waals surface area contributed by atoms with Crippen LogP contribution in [-0.2, 0) is 21.2 Å². The van der Waals surface area contributed by atoms with Crippen LogP contribution in [0.1, 0.15) is 19.2 Å². The summed E-state index contributed by atoms with van der Waals surface area (Å²) < 4.78 is 25.1. The average Bonchev–Trinajstić information content (AvgIpc) is 3.17. The number of hydrogen-bond acceptors (Lipinski definition) is 8. The topological polar surface area (TPSA) is 149 Å². The molecular formula is C19H22N6O5S. The monoisotopic (exact) mass is 446 g/mol. The number of nitrogens with one attached hydrogen (secondary N) is 1. The molecule has 1 aromatic carbocycles. The van der Waals surface area contributed by atoms with Crippen LogP contribution in [0.2, 0.25) is 0 Å². The fourth-order valence-corrected chi connectivity index (χ4v) is 3.90. The lowest BCUT2D eigenvalue weighted by Gasteiger charge is -2.25. The van der Waals surface area contributed by atoms with Crippen LogP contribution in [0, 0.1) is 6.92 Å². The lowest BCUT2D eigenvalue weighted by molar-refractivity contribution is -0.131. The minimum Gasteiger partial charge on any atom is -0.315 e. The predicted octanol–water partition coefficient (Wildman–Crippen LogP) is 0.498. The molecule has 1 amide bonds. The first-order valence-electron chi connectivity index (χ1n) is 9.27. The van der Waals surface area contributed by atoms with Gasteiger partial charge in [0.2, 0.25) is 0 Å². The van der Waals surface area contributed by atoms with Crippen LogP contribution >= 0.6 is 0 Å². The number of sulfone groups is 1. The lowest BCUT2D eigenvalue weighted by Crippen LogP contribution is -2.49. The van der Waals surface area contributed by atoms with E-state index in [1.54, 1.807) is 17.7 Å². The zero-order valence-electron chi connectivity index (χ0n) is 17.2. The maximum Gasteiger partial charge on any atom is 0.264 e. The second kappa shape index (κ2) is 8.40. The highest BCUT2D eigenvalue weighted by molar-refractivity contribution is 7.92. The smallest absolute Gasteiger partial charge is 0.264 e. The van der Waals surface area contributed by atoms with Gasteiger partial charge in [0.1, 0.15) is 0 Å². The van der Waals surface area contributed by atoms with Crippen LogP contribution in [0.15, 0.2) is 47.4 Å². The van der Waals surface area contributed by atoms with Crippen molar-refractivity contribution >= 4 is 15.7 Å². The van der Waals surface area contributed by atoms with E-state index in [0.29, 0.717) is 11.4 Å². The number of hydroxylamine groups is 1. The Kier molecular flexibility index (Phi) is 6.04. The van der Waals surface area contributed by atoms with Crippen molar-refractivity contribution in [3.05, 3.63) is 58.8 Å². The zero-order valence-corrected chi connectivity index (χ0v) is 18.0. The first-order valence-corrected chi connectivity index (χ1v) is 11.2. The van der Waals surface area contributed by atoms with Gasteiger partial charge in [-0.2, -0.15) is 4.68 Å². The minimum absolute atomic E-state index is 0.0202. The highest BCUT2D eigenvalue weighted by Crippen LogP contribution is 2.23. The van der Waals surface area contributed by atoms with Gasteiger partial charge in [0.05, 0.1) is 5.69 Å². The standard InChI is InChI=1S/C19H22N6O5S/c1-13-20-22-23-25(13)16-6-4-14(5-7-16)15-8-10-24(17(26)12-15)11-9-19(2,18(27)21-28)31(3,29)30/h4-8,10,12,28H,9,11H2,1-3H3,(H,21,27). The van der Waals surface area contributed by atoms with Gasteiger partial charge < -0.3 is 4.57 Å². The third-order valence-electron chi connectivity index (χ3n) is 5.30. The van der Waals surface area contributed by atoms with Crippen LogP contribution in [0.25, 0.3) is 16.8 Å². The van der Waals surface area contributed by atoms with Crippen molar-refractivity contribution in [2.45, 2.75) is 31.6 Å². The average molecular weight is 446 g/mol. The number of pyridine rings is 1. The third-order valence-corrected chi connectivity index (χ3v) is 7.32. The summed E-state index contributed by atoms with van der Waals surface area (Å²) in [4.78, 5) is 24.5. The molecule has 2 N–H and O–H groups in total. The highest BCUT2D eigenvalue weighted by Gasteiger charge is 2.43. The van der Waals surface area contributed by atoms with Crippen molar-refractivity contribution in [3.63, 3.8) is 0 Å². The molecule has 3 aromatic rings. The van der Waals surface area contributed by atoms with Crippen LogP contribution in [0.4, 0.5) is 0 Å². The summed E-state index contributed by atoms with van der Waals surface area (Å²) in [6.07, 6.45) is 2.27. The number of aryl methyl sites for hydroxylation is 2. The molecule has 12 heteroatoms. The van der Waals surface area contributed by atoms with Crippen molar-refractivity contribution in [2.24, 2.45) is 0 Å². The molecule has 0 bridgehead atoms. The molecule has 0 spiro atoms. The molecule has 31 heavy (non-hydrogen) atoms. The fraction of sp³-hybridized carbons (Fsp3) is 0.316. The van der Waals surface area contributed by atoms with Gasteiger partial charge in [-0.15, -0.1) is 5.10 Å². The number of tetrazole rings is 1. The Hall–Kier alpha value is -3.38. The predicted molar refractivity (Wildman–Crippen MR) is 111 cm³/mol. The minimum atomic E-state index is -3.84. The molecule has 0 saturated heterocycles. The summed E-state index contributed by atoms with van der Waals surface area (Å²) in [7, 11) is -3.84. The van der Waals surface area contributed by atoms with Gasteiger partial charge >= 0.3 is 0 Å². The Balaban J connectivity index is 1.81. The molecule has 0 fully saturated rings. The van der Waals surface area contributed by atoms with Gasteiger partial charge in [-0.05, 0) is 60.0 Å². The number of nitrogens with zero attached hydrogens (tertiary/aromatic N) is 5. The molecule has 164 valence electrons. The number of carbonyl (C=O) groups excluding carboxylic acids is 1. The second-order valence-electron chi connectivity index (χ2n) is 7.33. The zero-order chi connectivity index (χ0) is 22.8. The summed E-state index contributed by atoms with van der Waals surface area (Å²) in [6, 6.07) is 10.5. The first kappa shape index (κ1) is 22.3. The van der Waals surface area contributed by atoms with Gasteiger partial charge in [-0.3, -0.25) is 14.8 Å². The van der Waals surface area contributed by atoms with Crippen LogP contribution in [0.3, 0.4) is 0 Å². The Labute approximate surface area is 178 Å². The van der Waals surface area contributed by atoms with E-state index in [-0.39, 0.29) is 18.5 Å². The molecule has 0 radical (unpaired) electrons. The molecule has 11 nitrogen and oxygen atoms in total. The molecule has 2 heterocycles. The van der Waals surface area contributed by atoms with Gasteiger partial charge in [-0.25, -0.2) is 13.9 Å². The maximum atomic E-state index is 12.6. The molecule has 0 aliphatic heterocycles. The van der Waals surface area contributed by atoms with Gasteiger partial charge in [-0.1, -0.05) is 12.1 Å². The van der Waals surface area contributed by atoms with Crippen LogP contribution in [-0.4, -0.2) is 55.3 Å². The number of amides is 1. The van der Waals surface area contributed by atoms with Crippen molar-refractivity contribution in [3.8, 4) is 16.8 Å². The number of aromatic nitrogens is 5. The molecule has 0 aliphatic rings. The Morgan fingerprint density at radius 2 is 1.87 bits per heavy atom. The molecule has 0 saturated carbocycles. The first-order chi connectivity index (χ1) is 14.6. The molecule has 0 aliphatic carbocycles. The molecular weight excluding hydrogens is 424 g/mol. The van der Waals surface area contributed by atoms with E-state index in [4.69, 9.17) is 5.21 Å². The van der Waals surface area contributed by atoms with Gasteiger partial charge in [0, 0.05) is 25.1 Å². The van der Waals surface area contributed by atoms with E-state index in [2.05, 4.69) is 15.5 Å². The number of carbonyl (C=O) groups is 1.